The fourth-order valence-corrected chi connectivity index (χ4v) is 3.61. The van der Waals surface area contributed by atoms with Crippen molar-refractivity contribution in [2.45, 2.75) is 32.7 Å². The lowest BCUT2D eigenvalue weighted by Gasteiger charge is -2.33. The minimum Gasteiger partial charge on any atom is -0.342 e. The minimum absolute atomic E-state index is 0. The highest BCUT2D eigenvalue weighted by molar-refractivity contribution is 5.85. The van der Waals surface area contributed by atoms with Gasteiger partial charge in [-0.1, -0.05) is 31.2 Å². The first-order valence-corrected chi connectivity index (χ1v) is 8.47. The molecule has 2 atom stereocenters. The molecule has 2 unspecified atom stereocenters. The van der Waals surface area contributed by atoms with E-state index in [0.29, 0.717) is 19.5 Å². The monoisotopic (exact) mass is 363 g/mol. The minimum atomic E-state index is -0.235. The lowest BCUT2D eigenvalue weighted by molar-refractivity contribution is -0.134. The number of hydrogen-bond donors (Lipinski definition) is 1. The molecule has 0 bridgehead atoms. The summed E-state index contributed by atoms with van der Waals surface area (Å²) in [6, 6.07) is 7.71. The Bertz CT molecular complexity index is 691. The predicted molar refractivity (Wildman–Crippen MR) is 101 cm³/mol. The van der Waals surface area contributed by atoms with Gasteiger partial charge < -0.3 is 15.5 Å². The Kier molecular flexibility index (Phi) is 5.91. The number of amides is 2. The van der Waals surface area contributed by atoms with Crippen molar-refractivity contribution < 1.29 is 9.59 Å². The third kappa shape index (κ3) is 3.88. The zero-order valence-corrected chi connectivity index (χ0v) is 15.6. The smallest absolute Gasteiger partial charge is 0.225 e. The summed E-state index contributed by atoms with van der Waals surface area (Å²) in [6.45, 7) is 5.70. The van der Waals surface area contributed by atoms with Gasteiger partial charge in [0.05, 0.1) is 12.5 Å². The van der Waals surface area contributed by atoms with Gasteiger partial charge in [-0.05, 0) is 35.6 Å². The van der Waals surface area contributed by atoms with E-state index >= 15 is 0 Å². The molecule has 1 fully saturated rings. The molecule has 0 aliphatic carbocycles. The number of hydrogen-bond acceptors (Lipinski definition) is 3. The van der Waals surface area contributed by atoms with Crippen LogP contribution >= 0.6 is 12.4 Å². The van der Waals surface area contributed by atoms with Gasteiger partial charge in [0.2, 0.25) is 11.8 Å². The normalized spacial score (nSPS) is 24.7. The van der Waals surface area contributed by atoms with Crippen molar-refractivity contribution in [3.05, 3.63) is 41.6 Å². The maximum absolute atomic E-state index is 12.8. The summed E-state index contributed by atoms with van der Waals surface area (Å²) in [7, 11) is 0. The maximum Gasteiger partial charge on any atom is 0.225 e. The molecule has 1 aromatic rings. The molecule has 2 aliphatic rings. The van der Waals surface area contributed by atoms with Crippen LogP contribution in [0.5, 0.6) is 0 Å². The zero-order chi connectivity index (χ0) is 17.3. The van der Waals surface area contributed by atoms with Crippen molar-refractivity contribution in [3.8, 4) is 0 Å². The Hall–Kier alpha value is -1.85. The van der Waals surface area contributed by atoms with E-state index in [1.165, 1.54) is 6.92 Å². The van der Waals surface area contributed by atoms with E-state index in [0.717, 1.165) is 24.1 Å². The lowest BCUT2D eigenvalue weighted by Crippen LogP contribution is -2.38. The fourth-order valence-electron chi connectivity index (χ4n) is 3.61. The van der Waals surface area contributed by atoms with Crippen LogP contribution in [0.2, 0.25) is 0 Å². The van der Waals surface area contributed by atoms with Crippen molar-refractivity contribution >= 4 is 30.3 Å². The first-order chi connectivity index (χ1) is 11.4. The summed E-state index contributed by atoms with van der Waals surface area (Å²) >= 11 is 0. The molecular weight excluding hydrogens is 338 g/mol. The number of likely N-dealkylation sites (tertiary alicyclic amines) is 1. The van der Waals surface area contributed by atoms with Crippen molar-refractivity contribution in [2.75, 3.05) is 19.6 Å². The van der Waals surface area contributed by atoms with Crippen LogP contribution < -0.4 is 5.73 Å². The summed E-state index contributed by atoms with van der Waals surface area (Å²) < 4.78 is 0. The second kappa shape index (κ2) is 7.58. The highest BCUT2D eigenvalue weighted by Crippen LogP contribution is 2.35. The number of nitrogens with zero attached hydrogens (tertiary/aromatic N) is 2. The summed E-state index contributed by atoms with van der Waals surface area (Å²) in [4.78, 5) is 28.4. The van der Waals surface area contributed by atoms with Crippen LogP contribution in [0.25, 0.3) is 6.08 Å². The molecule has 5 nitrogen and oxygen atoms in total. The molecule has 2 amide bonds. The van der Waals surface area contributed by atoms with Gasteiger partial charge in [-0.25, -0.2) is 0 Å². The van der Waals surface area contributed by atoms with Crippen LogP contribution in [0.4, 0.5) is 0 Å². The highest BCUT2D eigenvalue weighted by Gasteiger charge is 2.37. The van der Waals surface area contributed by atoms with Crippen molar-refractivity contribution in [3.63, 3.8) is 0 Å². The van der Waals surface area contributed by atoms with Gasteiger partial charge in [-0.15, -0.1) is 12.4 Å². The number of carbonyl (C=O) groups is 2. The van der Waals surface area contributed by atoms with Gasteiger partial charge in [0.15, 0.2) is 0 Å². The van der Waals surface area contributed by atoms with Crippen LogP contribution in [0, 0.1) is 5.41 Å². The molecule has 0 aromatic heterocycles. The van der Waals surface area contributed by atoms with Gasteiger partial charge in [0.25, 0.3) is 0 Å². The van der Waals surface area contributed by atoms with E-state index in [4.69, 9.17) is 5.73 Å². The number of rotatable bonds is 3. The number of carbonyl (C=O) groups excluding carboxylic acids is 2. The fraction of sp³-hybridized carbons (Fsp3) is 0.474. The molecule has 6 heteroatoms. The van der Waals surface area contributed by atoms with Gasteiger partial charge in [0.1, 0.15) is 0 Å². The van der Waals surface area contributed by atoms with Gasteiger partial charge in [0, 0.05) is 26.2 Å². The SMILES string of the molecule is CC(=O)N1C=Cc2ccccc2C1CC(=O)N1CCC(C)(CN)C1.Cl. The molecule has 25 heavy (non-hydrogen) atoms. The molecule has 2 aliphatic heterocycles. The Balaban J connectivity index is 0.00000225. The third-order valence-electron chi connectivity index (χ3n) is 5.24. The van der Waals surface area contributed by atoms with E-state index in [2.05, 4.69) is 6.92 Å². The Morgan fingerprint density at radius 2 is 2.04 bits per heavy atom. The van der Waals surface area contributed by atoms with Crippen LogP contribution in [0.3, 0.4) is 0 Å². The predicted octanol–water partition coefficient (Wildman–Crippen LogP) is 2.57. The van der Waals surface area contributed by atoms with Crippen molar-refractivity contribution in [2.24, 2.45) is 11.1 Å². The number of nitrogens with two attached hydrogens (primary N) is 1. The van der Waals surface area contributed by atoms with Crippen molar-refractivity contribution in [1.82, 2.24) is 9.80 Å². The largest absolute Gasteiger partial charge is 0.342 e. The average Bonchev–Trinajstić information content (AvgIpc) is 2.98. The van der Waals surface area contributed by atoms with Gasteiger partial charge in [-0.2, -0.15) is 0 Å². The molecule has 3 rings (SSSR count). The molecule has 1 saturated heterocycles. The summed E-state index contributed by atoms with van der Waals surface area (Å²) in [5.74, 6) is 0.0419. The van der Waals surface area contributed by atoms with Crippen LogP contribution in [-0.4, -0.2) is 41.2 Å². The first kappa shape index (κ1) is 19.5. The number of fused-ring (bicyclic) bond motifs is 1. The second-order valence-corrected chi connectivity index (χ2v) is 7.17. The highest BCUT2D eigenvalue weighted by atomic mass is 35.5. The first-order valence-electron chi connectivity index (χ1n) is 8.47. The number of benzene rings is 1. The van der Waals surface area contributed by atoms with Crippen LogP contribution in [0.1, 0.15) is 43.9 Å². The second-order valence-electron chi connectivity index (χ2n) is 7.17. The van der Waals surface area contributed by atoms with Crippen molar-refractivity contribution in [1.29, 1.82) is 0 Å². The Labute approximate surface area is 155 Å². The van der Waals surface area contributed by atoms with Gasteiger partial charge in [-0.3, -0.25) is 9.59 Å². The van der Waals surface area contributed by atoms with E-state index in [1.807, 2.05) is 35.2 Å². The molecule has 0 radical (unpaired) electrons. The average molecular weight is 364 g/mol. The lowest BCUT2D eigenvalue weighted by atomic mass is 9.90. The van der Waals surface area contributed by atoms with E-state index in [1.54, 1.807) is 11.1 Å². The van der Waals surface area contributed by atoms with Crippen LogP contribution in [0.15, 0.2) is 30.5 Å². The van der Waals surface area contributed by atoms with E-state index in [-0.39, 0.29) is 35.7 Å². The topological polar surface area (TPSA) is 66.6 Å². The molecule has 2 N–H and O–H groups in total. The molecule has 0 saturated carbocycles. The summed E-state index contributed by atoms with van der Waals surface area (Å²) in [6.07, 6.45) is 4.96. The molecule has 136 valence electrons. The molecule has 2 heterocycles. The Morgan fingerprint density at radius 1 is 1.32 bits per heavy atom. The maximum atomic E-state index is 12.8. The quantitative estimate of drug-likeness (QED) is 0.897. The number of halogens is 1. The Morgan fingerprint density at radius 3 is 2.68 bits per heavy atom. The summed E-state index contributed by atoms with van der Waals surface area (Å²) in [5, 5.41) is 0. The summed E-state index contributed by atoms with van der Waals surface area (Å²) in [5.41, 5.74) is 7.96. The molecule has 1 aromatic carbocycles. The standard InChI is InChI=1S/C19H25N3O2.ClH/c1-14(23)22-9-7-15-5-3-4-6-16(15)17(22)11-18(24)21-10-8-19(2,12-20)13-21;/h3-7,9,17H,8,10-13,20H2,1-2H3;1H. The van der Waals surface area contributed by atoms with Gasteiger partial charge >= 0.3 is 0 Å². The third-order valence-corrected chi connectivity index (χ3v) is 5.24. The van der Waals surface area contributed by atoms with E-state index in [9.17, 15) is 9.59 Å². The van der Waals surface area contributed by atoms with E-state index < -0.39 is 0 Å². The zero-order valence-electron chi connectivity index (χ0n) is 14.8. The molecular formula is C19H26ClN3O2. The van der Waals surface area contributed by atoms with Crippen LogP contribution in [-0.2, 0) is 9.59 Å². The molecule has 0 spiro atoms.